The van der Waals surface area contributed by atoms with Gasteiger partial charge in [0.25, 0.3) is 0 Å². The van der Waals surface area contributed by atoms with E-state index in [1.54, 1.807) is 6.07 Å². The third kappa shape index (κ3) is 4.26. The molecule has 1 heterocycles. The number of anilines is 1. The minimum Gasteiger partial charge on any atom is -0.324 e. The minimum absolute atomic E-state index is 0.0232. The molecule has 0 saturated heterocycles. The smallest absolute Gasteiger partial charge is 0.248 e. The summed E-state index contributed by atoms with van der Waals surface area (Å²) in [5.74, 6) is 0.674. The average Bonchev–Trinajstić information content (AvgIpc) is 3.10. The number of carbonyl (C=O) groups excluding carboxylic acids is 1. The van der Waals surface area contributed by atoms with E-state index < -0.39 is 0 Å². The van der Waals surface area contributed by atoms with E-state index in [4.69, 9.17) is 11.6 Å². The van der Waals surface area contributed by atoms with Crippen molar-refractivity contribution in [2.45, 2.75) is 32.7 Å². The van der Waals surface area contributed by atoms with Crippen molar-refractivity contribution in [3.05, 3.63) is 59.1 Å². The van der Waals surface area contributed by atoms with Gasteiger partial charge in [-0.05, 0) is 47.4 Å². The molecule has 0 aliphatic rings. The van der Waals surface area contributed by atoms with Crippen LogP contribution < -0.4 is 5.32 Å². The molecule has 0 fully saturated rings. The van der Waals surface area contributed by atoms with Gasteiger partial charge in [-0.2, -0.15) is 4.80 Å². The normalized spacial score (nSPS) is 12.0. The van der Waals surface area contributed by atoms with Crippen LogP contribution in [-0.4, -0.2) is 26.1 Å². The van der Waals surface area contributed by atoms with E-state index in [1.807, 2.05) is 42.5 Å². The van der Waals surface area contributed by atoms with E-state index in [9.17, 15) is 4.79 Å². The zero-order valence-electron chi connectivity index (χ0n) is 14.7. The number of aromatic nitrogens is 4. The molecule has 0 unspecified atom stereocenters. The van der Waals surface area contributed by atoms with Crippen molar-refractivity contribution < 1.29 is 4.79 Å². The number of benzene rings is 2. The van der Waals surface area contributed by atoms with Crippen LogP contribution in [0.1, 0.15) is 31.7 Å². The van der Waals surface area contributed by atoms with Crippen LogP contribution in [0, 0.1) is 0 Å². The van der Waals surface area contributed by atoms with Crippen LogP contribution in [0.2, 0.25) is 5.02 Å². The molecule has 26 heavy (non-hydrogen) atoms. The first-order valence-corrected chi connectivity index (χ1v) is 8.87. The zero-order valence-corrected chi connectivity index (χ0v) is 15.4. The van der Waals surface area contributed by atoms with Crippen LogP contribution >= 0.6 is 11.6 Å². The average molecular weight is 370 g/mol. The molecule has 7 heteroatoms. The lowest BCUT2D eigenvalue weighted by atomic mass is 9.99. The van der Waals surface area contributed by atoms with E-state index in [0.717, 1.165) is 12.1 Å². The molecule has 0 spiro atoms. The Bertz CT molecular complexity index is 891. The van der Waals surface area contributed by atoms with Gasteiger partial charge in [0.05, 0.1) is 5.02 Å². The van der Waals surface area contributed by atoms with Crippen molar-refractivity contribution in [1.29, 1.82) is 0 Å². The van der Waals surface area contributed by atoms with Crippen LogP contribution in [-0.2, 0) is 11.3 Å². The van der Waals surface area contributed by atoms with Crippen molar-refractivity contribution in [3.8, 4) is 11.4 Å². The highest BCUT2D eigenvalue weighted by Gasteiger charge is 2.12. The molecule has 1 atom stereocenters. The fraction of sp³-hybridized carbons (Fsp3) is 0.263. The number of hydrogen-bond acceptors (Lipinski definition) is 4. The molecule has 1 aromatic heterocycles. The zero-order chi connectivity index (χ0) is 18.5. The van der Waals surface area contributed by atoms with E-state index in [0.29, 0.717) is 22.3 Å². The lowest BCUT2D eigenvalue weighted by Gasteiger charge is -2.10. The second kappa shape index (κ2) is 8.10. The predicted octanol–water partition coefficient (Wildman–Crippen LogP) is 4.15. The van der Waals surface area contributed by atoms with E-state index in [1.165, 1.54) is 10.4 Å². The van der Waals surface area contributed by atoms with Crippen LogP contribution in [0.15, 0.2) is 48.5 Å². The summed E-state index contributed by atoms with van der Waals surface area (Å²) in [6.45, 7) is 4.31. The Morgan fingerprint density at radius 1 is 1.19 bits per heavy atom. The Morgan fingerprint density at radius 3 is 2.62 bits per heavy atom. The Morgan fingerprint density at radius 2 is 1.92 bits per heavy atom. The Hall–Kier alpha value is -2.73. The molecule has 0 aliphatic carbocycles. The molecule has 0 bridgehead atoms. The first kappa shape index (κ1) is 18.1. The maximum atomic E-state index is 12.2. The second-order valence-electron chi connectivity index (χ2n) is 6.10. The van der Waals surface area contributed by atoms with Gasteiger partial charge in [-0.1, -0.05) is 49.7 Å². The summed E-state index contributed by atoms with van der Waals surface area (Å²) < 4.78 is 0. The maximum absolute atomic E-state index is 12.2. The quantitative estimate of drug-likeness (QED) is 0.708. The molecule has 0 saturated carbocycles. The van der Waals surface area contributed by atoms with Crippen molar-refractivity contribution in [1.82, 2.24) is 20.2 Å². The topological polar surface area (TPSA) is 72.7 Å². The summed E-state index contributed by atoms with van der Waals surface area (Å²) in [6, 6.07) is 15.1. The predicted molar refractivity (Wildman–Crippen MR) is 102 cm³/mol. The van der Waals surface area contributed by atoms with Gasteiger partial charge in [0.1, 0.15) is 6.54 Å². The summed E-state index contributed by atoms with van der Waals surface area (Å²) in [4.78, 5) is 13.5. The molecule has 3 rings (SSSR count). The van der Waals surface area contributed by atoms with Gasteiger partial charge in [0, 0.05) is 11.3 Å². The third-order valence-corrected chi connectivity index (χ3v) is 4.56. The largest absolute Gasteiger partial charge is 0.324 e. The highest BCUT2D eigenvalue weighted by molar-refractivity contribution is 6.33. The Labute approximate surface area is 157 Å². The molecule has 3 aromatic rings. The molecular weight excluding hydrogens is 350 g/mol. The highest BCUT2D eigenvalue weighted by Crippen LogP contribution is 2.23. The maximum Gasteiger partial charge on any atom is 0.248 e. The standard InChI is InChI=1S/C19H20ClN5O/c1-3-13(2)14-8-10-15(11-9-14)21-18(26)12-25-23-19(22-24-25)16-6-4-5-7-17(16)20/h4-11,13H,3,12H2,1-2H3,(H,21,26)/t13-/m0/s1. The molecular formula is C19H20ClN5O. The molecule has 1 N–H and O–H groups in total. The number of tetrazole rings is 1. The van der Waals surface area contributed by atoms with Crippen molar-refractivity contribution in [3.63, 3.8) is 0 Å². The van der Waals surface area contributed by atoms with E-state index in [-0.39, 0.29) is 12.5 Å². The molecule has 1 amide bonds. The van der Waals surface area contributed by atoms with Gasteiger partial charge < -0.3 is 5.32 Å². The fourth-order valence-corrected chi connectivity index (χ4v) is 2.74. The monoisotopic (exact) mass is 369 g/mol. The SMILES string of the molecule is CC[C@H](C)c1ccc(NC(=O)Cn2nnc(-c3ccccc3Cl)n2)cc1. The first-order valence-electron chi connectivity index (χ1n) is 8.49. The lowest BCUT2D eigenvalue weighted by Crippen LogP contribution is -2.20. The van der Waals surface area contributed by atoms with Gasteiger partial charge in [-0.3, -0.25) is 4.79 Å². The molecule has 0 aliphatic heterocycles. The molecule has 2 aromatic carbocycles. The number of carbonyl (C=O) groups is 1. The number of rotatable bonds is 6. The van der Waals surface area contributed by atoms with Gasteiger partial charge in [0.15, 0.2) is 0 Å². The van der Waals surface area contributed by atoms with Gasteiger partial charge in [-0.25, -0.2) is 0 Å². The molecule has 134 valence electrons. The lowest BCUT2D eigenvalue weighted by molar-refractivity contribution is -0.117. The fourth-order valence-electron chi connectivity index (χ4n) is 2.52. The summed E-state index contributed by atoms with van der Waals surface area (Å²) in [6.07, 6.45) is 1.08. The summed E-state index contributed by atoms with van der Waals surface area (Å²) in [5, 5.41) is 15.5. The van der Waals surface area contributed by atoms with Crippen LogP contribution in [0.25, 0.3) is 11.4 Å². The second-order valence-corrected chi connectivity index (χ2v) is 6.51. The highest BCUT2D eigenvalue weighted by atomic mass is 35.5. The first-order chi connectivity index (χ1) is 12.6. The van der Waals surface area contributed by atoms with Crippen LogP contribution in [0.4, 0.5) is 5.69 Å². The van der Waals surface area contributed by atoms with Crippen LogP contribution in [0.5, 0.6) is 0 Å². The van der Waals surface area contributed by atoms with Gasteiger partial charge >= 0.3 is 0 Å². The minimum atomic E-state index is -0.218. The summed E-state index contributed by atoms with van der Waals surface area (Å²) >= 11 is 6.13. The van der Waals surface area contributed by atoms with Gasteiger partial charge in [0.2, 0.25) is 11.7 Å². The molecule has 6 nitrogen and oxygen atoms in total. The van der Waals surface area contributed by atoms with Crippen molar-refractivity contribution >= 4 is 23.2 Å². The van der Waals surface area contributed by atoms with E-state index in [2.05, 4.69) is 34.6 Å². The number of halogens is 1. The summed E-state index contributed by atoms with van der Waals surface area (Å²) in [7, 11) is 0. The number of amides is 1. The van der Waals surface area contributed by atoms with E-state index >= 15 is 0 Å². The summed E-state index contributed by atoms with van der Waals surface area (Å²) in [5.41, 5.74) is 2.68. The molecule has 0 radical (unpaired) electrons. The number of nitrogens with one attached hydrogen (secondary N) is 1. The Kier molecular flexibility index (Phi) is 5.63. The van der Waals surface area contributed by atoms with Gasteiger partial charge in [-0.15, -0.1) is 10.2 Å². The number of nitrogens with zero attached hydrogens (tertiary/aromatic N) is 4. The number of hydrogen-bond donors (Lipinski definition) is 1. The Balaban J connectivity index is 1.63. The van der Waals surface area contributed by atoms with Crippen molar-refractivity contribution in [2.24, 2.45) is 0 Å². The third-order valence-electron chi connectivity index (χ3n) is 4.23. The van der Waals surface area contributed by atoms with Crippen LogP contribution in [0.3, 0.4) is 0 Å². The van der Waals surface area contributed by atoms with Crippen molar-refractivity contribution in [2.75, 3.05) is 5.32 Å².